The van der Waals surface area contributed by atoms with E-state index in [-0.39, 0.29) is 11.3 Å². The maximum atomic E-state index is 13.2. The summed E-state index contributed by atoms with van der Waals surface area (Å²) in [7, 11) is -3.97. The van der Waals surface area contributed by atoms with Crippen LogP contribution in [0.5, 0.6) is 11.5 Å². The van der Waals surface area contributed by atoms with Gasteiger partial charge in [-0.25, -0.2) is 8.42 Å². The molecule has 1 atom stereocenters. The van der Waals surface area contributed by atoms with Gasteiger partial charge in [0.1, 0.15) is 17.5 Å². The minimum absolute atomic E-state index is 0.0477. The maximum Gasteiger partial charge on any atom is 0.243 e. The molecule has 3 aromatic carbocycles. The van der Waals surface area contributed by atoms with E-state index in [9.17, 15) is 13.2 Å². The van der Waals surface area contributed by atoms with Crippen molar-refractivity contribution >= 4 is 21.6 Å². The molecule has 0 spiro atoms. The molecular weight excluding hydrogens is 440 g/mol. The van der Waals surface area contributed by atoms with Gasteiger partial charge in [0.15, 0.2) is 0 Å². The molecule has 1 amide bonds. The third-order valence-electron chi connectivity index (χ3n) is 4.79. The molecule has 7 nitrogen and oxygen atoms in total. The zero-order valence-corrected chi connectivity index (χ0v) is 19.5. The summed E-state index contributed by atoms with van der Waals surface area (Å²) in [6, 6.07) is 21.3. The topological polar surface area (TPSA) is 93.7 Å². The number of hydrogen-bond donors (Lipinski definition) is 2. The van der Waals surface area contributed by atoms with Gasteiger partial charge in [-0.05, 0) is 62.2 Å². The molecule has 0 heterocycles. The van der Waals surface area contributed by atoms with Crippen LogP contribution in [0.4, 0.5) is 5.69 Å². The first-order chi connectivity index (χ1) is 15.9. The van der Waals surface area contributed by atoms with Gasteiger partial charge in [-0.2, -0.15) is 4.72 Å². The van der Waals surface area contributed by atoms with Gasteiger partial charge in [0, 0.05) is 0 Å². The number of carbonyl (C=O) groups is 1. The molecule has 0 aliphatic heterocycles. The molecule has 3 rings (SSSR count). The number of amides is 1. The van der Waals surface area contributed by atoms with E-state index < -0.39 is 22.0 Å². The largest absolute Gasteiger partial charge is 0.494 e. The molecule has 0 unspecified atom stereocenters. The highest BCUT2D eigenvalue weighted by molar-refractivity contribution is 7.89. The lowest BCUT2D eigenvalue weighted by Crippen LogP contribution is -2.45. The Morgan fingerprint density at radius 1 is 0.848 bits per heavy atom. The lowest BCUT2D eigenvalue weighted by molar-refractivity contribution is -0.117. The number of benzene rings is 3. The molecule has 0 aromatic heterocycles. The van der Waals surface area contributed by atoms with Crippen molar-refractivity contribution in [1.29, 1.82) is 0 Å². The number of carbonyl (C=O) groups excluding carboxylic acids is 1. The molecular formula is C25H28N2O5S. The predicted molar refractivity (Wildman–Crippen MR) is 128 cm³/mol. The fourth-order valence-corrected chi connectivity index (χ4v) is 4.44. The van der Waals surface area contributed by atoms with Crippen molar-refractivity contribution in [2.45, 2.75) is 31.2 Å². The number of nitrogens with one attached hydrogen (secondary N) is 2. The Kier molecular flexibility index (Phi) is 8.46. The van der Waals surface area contributed by atoms with Crippen LogP contribution in [0.25, 0.3) is 0 Å². The van der Waals surface area contributed by atoms with E-state index in [0.717, 1.165) is 5.56 Å². The molecule has 33 heavy (non-hydrogen) atoms. The molecule has 0 aliphatic rings. The number of para-hydroxylation sites is 2. The van der Waals surface area contributed by atoms with Crippen molar-refractivity contribution in [3.63, 3.8) is 0 Å². The highest BCUT2D eigenvalue weighted by Gasteiger charge is 2.27. The average molecular weight is 469 g/mol. The first-order valence-electron chi connectivity index (χ1n) is 10.7. The van der Waals surface area contributed by atoms with Gasteiger partial charge >= 0.3 is 0 Å². The predicted octanol–water partition coefficient (Wildman–Crippen LogP) is 4.01. The third kappa shape index (κ3) is 6.81. The quantitative estimate of drug-likeness (QED) is 0.443. The normalized spacial score (nSPS) is 12.1. The van der Waals surface area contributed by atoms with Gasteiger partial charge < -0.3 is 14.8 Å². The van der Waals surface area contributed by atoms with E-state index in [1.165, 1.54) is 12.1 Å². The molecule has 0 bridgehead atoms. The fraction of sp³-hybridized carbons (Fsp3) is 0.240. The van der Waals surface area contributed by atoms with Gasteiger partial charge in [-0.1, -0.05) is 42.5 Å². The van der Waals surface area contributed by atoms with Crippen molar-refractivity contribution in [2.24, 2.45) is 0 Å². The minimum atomic E-state index is -3.97. The number of anilines is 1. The highest BCUT2D eigenvalue weighted by Crippen LogP contribution is 2.24. The van der Waals surface area contributed by atoms with Crippen LogP contribution in [0.15, 0.2) is 83.8 Å². The summed E-state index contributed by atoms with van der Waals surface area (Å²) < 4.78 is 39.7. The Labute approximate surface area is 194 Å². The summed E-state index contributed by atoms with van der Waals surface area (Å²) in [4.78, 5) is 13.3. The Bertz CT molecular complexity index is 1150. The Morgan fingerprint density at radius 3 is 2.15 bits per heavy atom. The first-order valence-corrected chi connectivity index (χ1v) is 12.2. The van der Waals surface area contributed by atoms with Crippen LogP contribution in [0.1, 0.15) is 19.4 Å². The van der Waals surface area contributed by atoms with Crippen molar-refractivity contribution in [3.05, 3.63) is 84.4 Å². The Hall–Kier alpha value is -3.36. The van der Waals surface area contributed by atoms with E-state index in [4.69, 9.17) is 9.47 Å². The van der Waals surface area contributed by atoms with Gasteiger partial charge in [0.05, 0.1) is 23.8 Å². The van der Waals surface area contributed by atoms with Gasteiger partial charge in [0.25, 0.3) is 0 Å². The van der Waals surface area contributed by atoms with E-state index in [1.54, 1.807) is 36.4 Å². The smallest absolute Gasteiger partial charge is 0.243 e. The van der Waals surface area contributed by atoms with Crippen LogP contribution in [0, 0.1) is 0 Å². The van der Waals surface area contributed by atoms with Crippen molar-refractivity contribution in [2.75, 3.05) is 18.5 Å². The molecule has 174 valence electrons. The maximum absolute atomic E-state index is 13.2. The second-order valence-electron chi connectivity index (χ2n) is 7.19. The first kappa shape index (κ1) is 24.3. The van der Waals surface area contributed by atoms with Gasteiger partial charge in [0.2, 0.25) is 15.9 Å². The van der Waals surface area contributed by atoms with Crippen LogP contribution in [-0.4, -0.2) is 33.6 Å². The molecule has 2 N–H and O–H groups in total. The van der Waals surface area contributed by atoms with E-state index in [0.29, 0.717) is 30.4 Å². The molecule has 0 saturated heterocycles. The number of sulfonamides is 1. The third-order valence-corrected chi connectivity index (χ3v) is 6.27. The van der Waals surface area contributed by atoms with Crippen molar-refractivity contribution in [1.82, 2.24) is 4.72 Å². The fourth-order valence-electron chi connectivity index (χ4n) is 3.25. The number of hydrogen-bond acceptors (Lipinski definition) is 5. The van der Waals surface area contributed by atoms with E-state index in [2.05, 4.69) is 10.0 Å². The summed E-state index contributed by atoms with van der Waals surface area (Å²) >= 11 is 0. The summed E-state index contributed by atoms with van der Waals surface area (Å²) in [5.74, 6) is 0.601. The van der Waals surface area contributed by atoms with Crippen molar-refractivity contribution in [3.8, 4) is 11.5 Å². The van der Waals surface area contributed by atoms with Gasteiger partial charge in [-0.3, -0.25) is 4.79 Å². The van der Waals surface area contributed by atoms with Crippen LogP contribution in [-0.2, 0) is 21.2 Å². The standard InChI is InChI=1S/C25H28N2O5S/c1-3-31-20-14-16-21(17-15-20)33(29,30)27-23(18-19-10-6-5-7-11-19)25(28)26-22-12-8-9-13-24(22)32-4-2/h5-17,23,27H,3-4,18H2,1-2H3,(H,26,28)/t23-/m0/s1. The monoisotopic (exact) mass is 468 g/mol. The Morgan fingerprint density at radius 2 is 1.48 bits per heavy atom. The molecule has 3 aromatic rings. The lowest BCUT2D eigenvalue weighted by Gasteiger charge is -2.20. The lowest BCUT2D eigenvalue weighted by atomic mass is 10.1. The zero-order valence-electron chi connectivity index (χ0n) is 18.7. The SMILES string of the molecule is CCOc1ccc(S(=O)(=O)N[C@@H](Cc2ccccc2)C(=O)Nc2ccccc2OCC)cc1. The second kappa shape index (κ2) is 11.5. The summed E-state index contributed by atoms with van der Waals surface area (Å²) in [6.07, 6.45) is 0.180. The van der Waals surface area contributed by atoms with E-state index >= 15 is 0 Å². The summed E-state index contributed by atoms with van der Waals surface area (Å²) in [6.45, 7) is 4.61. The van der Waals surface area contributed by atoms with Crippen LogP contribution >= 0.6 is 0 Å². The van der Waals surface area contributed by atoms with Crippen molar-refractivity contribution < 1.29 is 22.7 Å². The van der Waals surface area contributed by atoms with E-state index in [1.807, 2.05) is 44.2 Å². The molecule has 0 radical (unpaired) electrons. The molecule has 8 heteroatoms. The van der Waals surface area contributed by atoms with Crippen LogP contribution in [0.2, 0.25) is 0 Å². The van der Waals surface area contributed by atoms with Crippen LogP contribution < -0.4 is 19.5 Å². The highest BCUT2D eigenvalue weighted by atomic mass is 32.2. The second-order valence-corrected chi connectivity index (χ2v) is 8.90. The minimum Gasteiger partial charge on any atom is -0.494 e. The summed E-state index contributed by atoms with van der Waals surface area (Å²) in [5, 5.41) is 2.80. The molecule has 0 aliphatic carbocycles. The average Bonchev–Trinajstić information content (AvgIpc) is 2.81. The molecule has 0 saturated carbocycles. The molecule has 0 fully saturated rings. The summed E-state index contributed by atoms with van der Waals surface area (Å²) in [5.41, 5.74) is 1.30. The Balaban J connectivity index is 1.85. The van der Waals surface area contributed by atoms with Crippen LogP contribution in [0.3, 0.4) is 0 Å². The number of ether oxygens (including phenoxy) is 2. The number of rotatable bonds is 11. The zero-order chi connectivity index (χ0) is 23.7. The van der Waals surface area contributed by atoms with Gasteiger partial charge in [-0.15, -0.1) is 0 Å².